The highest BCUT2D eigenvalue weighted by atomic mass is 16.3. The van der Waals surface area contributed by atoms with Crippen LogP contribution < -0.4 is 10.6 Å². The van der Waals surface area contributed by atoms with Gasteiger partial charge >= 0.3 is 0 Å². The van der Waals surface area contributed by atoms with Gasteiger partial charge in [0.25, 0.3) is 0 Å². The summed E-state index contributed by atoms with van der Waals surface area (Å²) in [5.41, 5.74) is 6.77. The molecule has 84 valence electrons. The Balaban J connectivity index is 2.99. The molecule has 1 aromatic heterocycles. The zero-order chi connectivity index (χ0) is 11.3. The number of nitrogen functional groups attached to an aromatic ring is 1. The van der Waals surface area contributed by atoms with Gasteiger partial charge < -0.3 is 15.7 Å². The molecule has 0 saturated heterocycles. The van der Waals surface area contributed by atoms with Crippen LogP contribution in [0.25, 0.3) is 0 Å². The molecule has 3 N–H and O–H groups in total. The van der Waals surface area contributed by atoms with Gasteiger partial charge in [0.2, 0.25) is 0 Å². The average Bonchev–Trinajstić information content (AvgIpc) is 2.21. The first-order chi connectivity index (χ1) is 7.20. The topological polar surface area (TPSA) is 75.3 Å². The largest absolute Gasteiger partial charge is 0.395 e. The van der Waals surface area contributed by atoms with Crippen LogP contribution in [-0.2, 0) is 6.42 Å². The Morgan fingerprint density at radius 2 is 2.20 bits per heavy atom. The molecular formula is C10H18N4O. The standard InChI is InChI=1S/C10H18N4O/c1-3-4-8-9(11)12-7-13-10(8)14(2)5-6-15/h7,15H,3-6H2,1-2H3,(H2,11,12,13). The highest BCUT2D eigenvalue weighted by Crippen LogP contribution is 2.21. The summed E-state index contributed by atoms with van der Waals surface area (Å²) in [6.45, 7) is 2.74. The van der Waals surface area contributed by atoms with E-state index < -0.39 is 0 Å². The first-order valence-corrected chi connectivity index (χ1v) is 5.12. The Morgan fingerprint density at radius 1 is 1.47 bits per heavy atom. The van der Waals surface area contributed by atoms with Crippen LogP contribution in [0.15, 0.2) is 6.33 Å². The second kappa shape index (κ2) is 5.50. The molecule has 0 radical (unpaired) electrons. The number of likely N-dealkylation sites (N-methyl/N-ethyl adjacent to an activating group) is 1. The normalized spacial score (nSPS) is 10.3. The third-order valence-corrected chi connectivity index (χ3v) is 2.25. The zero-order valence-electron chi connectivity index (χ0n) is 9.27. The molecule has 5 nitrogen and oxygen atoms in total. The highest BCUT2D eigenvalue weighted by molar-refractivity contribution is 5.56. The molecule has 0 aliphatic carbocycles. The van der Waals surface area contributed by atoms with E-state index in [1.807, 2.05) is 11.9 Å². The van der Waals surface area contributed by atoms with Gasteiger partial charge in [-0.25, -0.2) is 9.97 Å². The van der Waals surface area contributed by atoms with Crippen molar-refractivity contribution in [2.45, 2.75) is 19.8 Å². The monoisotopic (exact) mass is 210 g/mol. The Kier molecular flexibility index (Phi) is 4.30. The smallest absolute Gasteiger partial charge is 0.137 e. The summed E-state index contributed by atoms with van der Waals surface area (Å²) in [5, 5.41) is 8.87. The number of rotatable bonds is 5. The number of hydrogen-bond donors (Lipinski definition) is 2. The first-order valence-electron chi connectivity index (χ1n) is 5.12. The first kappa shape index (κ1) is 11.7. The van der Waals surface area contributed by atoms with E-state index in [1.165, 1.54) is 6.33 Å². The molecule has 0 bridgehead atoms. The van der Waals surface area contributed by atoms with E-state index in [2.05, 4.69) is 16.9 Å². The van der Waals surface area contributed by atoms with Crippen LogP contribution >= 0.6 is 0 Å². The molecule has 0 aliphatic heterocycles. The molecule has 5 heteroatoms. The molecule has 0 amide bonds. The van der Waals surface area contributed by atoms with Crippen molar-refractivity contribution < 1.29 is 5.11 Å². The predicted octanol–water partition coefficient (Wildman–Crippen LogP) is 0.440. The maximum absolute atomic E-state index is 8.87. The minimum absolute atomic E-state index is 0.103. The Hall–Kier alpha value is -1.36. The summed E-state index contributed by atoms with van der Waals surface area (Å²) >= 11 is 0. The van der Waals surface area contributed by atoms with Gasteiger partial charge in [0.15, 0.2) is 0 Å². The lowest BCUT2D eigenvalue weighted by molar-refractivity contribution is 0.303. The maximum atomic E-state index is 8.87. The van der Waals surface area contributed by atoms with Crippen LogP contribution in [0.3, 0.4) is 0 Å². The SMILES string of the molecule is CCCc1c(N)ncnc1N(C)CCO. The maximum Gasteiger partial charge on any atom is 0.137 e. The van der Waals surface area contributed by atoms with E-state index in [0.717, 1.165) is 24.2 Å². The van der Waals surface area contributed by atoms with Crippen molar-refractivity contribution in [3.05, 3.63) is 11.9 Å². The molecule has 1 aromatic rings. The zero-order valence-corrected chi connectivity index (χ0v) is 9.27. The molecule has 1 heterocycles. The van der Waals surface area contributed by atoms with Crippen LogP contribution in [0.5, 0.6) is 0 Å². The average molecular weight is 210 g/mol. The van der Waals surface area contributed by atoms with Crippen molar-refractivity contribution in [2.24, 2.45) is 0 Å². The van der Waals surface area contributed by atoms with Gasteiger partial charge in [0.05, 0.1) is 6.61 Å². The number of aliphatic hydroxyl groups excluding tert-OH is 1. The van der Waals surface area contributed by atoms with E-state index in [4.69, 9.17) is 10.8 Å². The van der Waals surface area contributed by atoms with Gasteiger partial charge in [-0.15, -0.1) is 0 Å². The quantitative estimate of drug-likeness (QED) is 0.737. The molecule has 0 aliphatic rings. The fourth-order valence-electron chi connectivity index (χ4n) is 1.49. The van der Waals surface area contributed by atoms with Crippen LogP contribution in [0.1, 0.15) is 18.9 Å². The summed E-state index contributed by atoms with van der Waals surface area (Å²) in [6, 6.07) is 0. The molecule has 0 unspecified atom stereocenters. The fourth-order valence-corrected chi connectivity index (χ4v) is 1.49. The Morgan fingerprint density at radius 3 is 2.80 bits per heavy atom. The van der Waals surface area contributed by atoms with E-state index >= 15 is 0 Å². The van der Waals surface area contributed by atoms with Gasteiger partial charge in [-0.1, -0.05) is 13.3 Å². The van der Waals surface area contributed by atoms with Crippen molar-refractivity contribution in [3.8, 4) is 0 Å². The lowest BCUT2D eigenvalue weighted by Gasteiger charge is -2.20. The number of aliphatic hydroxyl groups is 1. The van der Waals surface area contributed by atoms with Crippen LogP contribution in [0.2, 0.25) is 0 Å². The second-order valence-electron chi connectivity index (χ2n) is 3.46. The van der Waals surface area contributed by atoms with Crippen molar-refractivity contribution >= 4 is 11.6 Å². The molecule has 0 saturated carbocycles. The molecule has 0 aromatic carbocycles. The molecule has 0 fully saturated rings. The van der Waals surface area contributed by atoms with E-state index in [9.17, 15) is 0 Å². The third-order valence-electron chi connectivity index (χ3n) is 2.25. The molecule has 0 atom stereocenters. The summed E-state index contributed by atoms with van der Waals surface area (Å²) in [5.74, 6) is 1.35. The third kappa shape index (κ3) is 2.79. The van der Waals surface area contributed by atoms with Crippen LogP contribution in [-0.4, -0.2) is 35.3 Å². The van der Waals surface area contributed by atoms with Crippen molar-refractivity contribution in [1.82, 2.24) is 9.97 Å². The predicted molar refractivity (Wildman–Crippen MR) is 60.8 cm³/mol. The molecule has 0 spiro atoms. The van der Waals surface area contributed by atoms with Crippen LogP contribution in [0, 0.1) is 0 Å². The lowest BCUT2D eigenvalue weighted by Crippen LogP contribution is -2.24. The van der Waals surface area contributed by atoms with E-state index in [1.54, 1.807) is 0 Å². The van der Waals surface area contributed by atoms with Crippen molar-refractivity contribution in [1.29, 1.82) is 0 Å². The lowest BCUT2D eigenvalue weighted by atomic mass is 10.1. The summed E-state index contributed by atoms with van der Waals surface area (Å²) < 4.78 is 0. The summed E-state index contributed by atoms with van der Waals surface area (Å²) in [4.78, 5) is 10.1. The second-order valence-corrected chi connectivity index (χ2v) is 3.46. The number of nitrogens with zero attached hydrogens (tertiary/aromatic N) is 3. The number of hydrogen-bond acceptors (Lipinski definition) is 5. The number of aromatic nitrogens is 2. The fraction of sp³-hybridized carbons (Fsp3) is 0.600. The van der Waals surface area contributed by atoms with E-state index in [-0.39, 0.29) is 6.61 Å². The minimum atomic E-state index is 0.103. The van der Waals surface area contributed by atoms with Gasteiger partial charge in [-0.3, -0.25) is 0 Å². The Labute approximate surface area is 90.0 Å². The van der Waals surface area contributed by atoms with Gasteiger partial charge in [0, 0.05) is 19.2 Å². The van der Waals surface area contributed by atoms with E-state index in [0.29, 0.717) is 12.4 Å². The van der Waals surface area contributed by atoms with Gasteiger partial charge in [0.1, 0.15) is 18.0 Å². The summed E-state index contributed by atoms with van der Waals surface area (Å²) in [6.07, 6.45) is 3.31. The van der Waals surface area contributed by atoms with Gasteiger partial charge in [-0.2, -0.15) is 0 Å². The van der Waals surface area contributed by atoms with Crippen molar-refractivity contribution in [2.75, 3.05) is 30.8 Å². The summed E-state index contributed by atoms with van der Waals surface area (Å²) in [7, 11) is 1.89. The molecular weight excluding hydrogens is 192 g/mol. The highest BCUT2D eigenvalue weighted by Gasteiger charge is 2.11. The number of nitrogens with two attached hydrogens (primary N) is 1. The molecule has 15 heavy (non-hydrogen) atoms. The molecule has 1 rings (SSSR count). The van der Waals surface area contributed by atoms with Gasteiger partial charge in [-0.05, 0) is 6.42 Å². The number of anilines is 2. The van der Waals surface area contributed by atoms with Crippen molar-refractivity contribution in [3.63, 3.8) is 0 Å². The minimum Gasteiger partial charge on any atom is -0.395 e. The Bertz CT molecular complexity index is 316. The van der Waals surface area contributed by atoms with Crippen LogP contribution in [0.4, 0.5) is 11.6 Å².